The van der Waals surface area contributed by atoms with Crippen LogP contribution in [0.15, 0.2) is 11.3 Å². The van der Waals surface area contributed by atoms with Crippen LogP contribution in [0.5, 0.6) is 0 Å². The molecule has 0 saturated heterocycles. The minimum atomic E-state index is -0.747. The summed E-state index contributed by atoms with van der Waals surface area (Å²) in [4.78, 5) is 10.4. The van der Waals surface area contributed by atoms with E-state index in [-0.39, 0.29) is 0 Å². The van der Waals surface area contributed by atoms with Crippen LogP contribution in [0.1, 0.15) is 26.2 Å². The van der Waals surface area contributed by atoms with Gasteiger partial charge in [0.05, 0.1) is 0 Å². The van der Waals surface area contributed by atoms with Crippen LogP contribution in [0.25, 0.3) is 0 Å². The van der Waals surface area contributed by atoms with E-state index in [1.165, 1.54) is 0 Å². The Bertz CT molecular complexity index is 141. The number of aliphatic carboxylic acids is 1. The molecular formula is C7H14O2Si. The number of carboxylic acid groups (broad SMARTS) is 1. The molecule has 0 heterocycles. The summed E-state index contributed by atoms with van der Waals surface area (Å²) in [5.41, 5.74) is 2.39. The molecule has 0 rings (SSSR count). The number of carboxylic acids is 1. The maximum atomic E-state index is 10.4. The Morgan fingerprint density at radius 1 is 1.70 bits per heavy atom. The summed E-state index contributed by atoms with van der Waals surface area (Å²) in [6, 6.07) is 0. The van der Waals surface area contributed by atoms with Crippen LogP contribution in [-0.2, 0) is 4.79 Å². The van der Waals surface area contributed by atoms with Crippen molar-refractivity contribution < 1.29 is 9.90 Å². The number of rotatable bonds is 4. The second-order valence-corrected chi connectivity index (χ2v) is 2.80. The average Bonchev–Trinajstić information content (AvgIpc) is 1.89. The molecule has 0 aromatic heterocycles. The molecule has 0 amide bonds. The molecule has 0 bridgehead atoms. The molecule has 0 unspecified atom stereocenters. The van der Waals surface area contributed by atoms with E-state index < -0.39 is 5.97 Å². The minimum absolute atomic E-state index is 0.591. The molecule has 58 valence electrons. The Hall–Kier alpha value is -0.573. The van der Waals surface area contributed by atoms with Gasteiger partial charge >= 0.3 is 5.97 Å². The van der Waals surface area contributed by atoms with Crippen molar-refractivity contribution in [1.29, 1.82) is 0 Å². The van der Waals surface area contributed by atoms with E-state index in [1.54, 1.807) is 5.70 Å². The van der Waals surface area contributed by atoms with Crippen LogP contribution in [0.3, 0.4) is 0 Å². The summed E-state index contributed by atoms with van der Waals surface area (Å²) in [7, 11) is 0.844. The third kappa shape index (κ3) is 3.45. The van der Waals surface area contributed by atoms with Crippen LogP contribution in [0.4, 0.5) is 0 Å². The number of hydrogen-bond acceptors (Lipinski definition) is 1. The first kappa shape index (κ1) is 9.43. The first-order valence-corrected chi connectivity index (χ1v) is 4.76. The lowest BCUT2D eigenvalue weighted by atomic mass is 10.1. The van der Waals surface area contributed by atoms with Crippen LogP contribution < -0.4 is 0 Å². The van der Waals surface area contributed by atoms with Gasteiger partial charge in [0.2, 0.25) is 0 Å². The Kier molecular flexibility index (Phi) is 4.93. The first-order chi connectivity index (χ1) is 4.72. The summed E-state index contributed by atoms with van der Waals surface area (Å²) < 4.78 is 0. The van der Waals surface area contributed by atoms with Crippen LogP contribution >= 0.6 is 0 Å². The molecule has 10 heavy (non-hydrogen) atoms. The van der Waals surface area contributed by atoms with Gasteiger partial charge in [-0.1, -0.05) is 19.0 Å². The monoisotopic (exact) mass is 158 g/mol. The van der Waals surface area contributed by atoms with E-state index in [1.807, 2.05) is 0 Å². The standard InChI is InChI=1S/C7H14O2Si/c1-2-3-4-6(5-10)7(8)9/h5H,2-4H2,1,10H3,(H,8,9). The van der Waals surface area contributed by atoms with E-state index in [0.29, 0.717) is 5.57 Å². The van der Waals surface area contributed by atoms with Crippen molar-refractivity contribution in [3.63, 3.8) is 0 Å². The largest absolute Gasteiger partial charge is 0.478 e. The summed E-state index contributed by atoms with van der Waals surface area (Å²) in [5, 5.41) is 8.55. The van der Waals surface area contributed by atoms with Crippen LogP contribution in [0.2, 0.25) is 0 Å². The lowest BCUT2D eigenvalue weighted by Gasteiger charge is -1.97. The highest BCUT2D eigenvalue weighted by atomic mass is 28.1. The fourth-order valence-corrected chi connectivity index (χ4v) is 1.28. The van der Waals surface area contributed by atoms with Gasteiger partial charge in [0.25, 0.3) is 0 Å². The predicted octanol–water partition coefficient (Wildman–Crippen LogP) is 0.510. The summed E-state index contributed by atoms with van der Waals surface area (Å²) >= 11 is 0. The van der Waals surface area contributed by atoms with Crippen molar-refractivity contribution in [1.82, 2.24) is 0 Å². The third-order valence-corrected chi connectivity index (χ3v) is 2.12. The van der Waals surface area contributed by atoms with Crippen molar-refractivity contribution >= 4 is 16.2 Å². The van der Waals surface area contributed by atoms with E-state index >= 15 is 0 Å². The zero-order valence-corrected chi connectivity index (χ0v) is 8.55. The molecular weight excluding hydrogens is 144 g/mol. The highest BCUT2D eigenvalue weighted by Gasteiger charge is 2.02. The quantitative estimate of drug-likeness (QED) is 0.478. The average molecular weight is 158 g/mol. The van der Waals surface area contributed by atoms with Gasteiger partial charge in [0, 0.05) is 15.8 Å². The van der Waals surface area contributed by atoms with Gasteiger partial charge < -0.3 is 5.11 Å². The third-order valence-electron chi connectivity index (χ3n) is 1.42. The first-order valence-electron chi connectivity index (χ1n) is 3.60. The number of hydrogen-bond donors (Lipinski definition) is 1. The number of carbonyl (C=O) groups is 1. The molecule has 0 radical (unpaired) electrons. The van der Waals surface area contributed by atoms with Crippen molar-refractivity contribution in [3.05, 3.63) is 11.3 Å². The van der Waals surface area contributed by atoms with Crippen molar-refractivity contribution in [2.24, 2.45) is 0 Å². The van der Waals surface area contributed by atoms with E-state index in [4.69, 9.17) is 5.11 Å². The van der Waals surface area contributed by atoms with Gasteiger partial charge in [-0.3, -0.25) is 0 Å². The normalized spacial score (nSPS) is 11.9. The van der Waals surface area contributed by atoms with E-state index in [0.717, 1.165) is 29.5 Å². The van der Waals surface area contributed by atoms with Gasteiger partial charge in [0.15, 0.2) is 0 Å². The molecule has 1 N–H and O–H groups in total. The van der Waals surface area contributed by atoms with Crippen LogP contribution in [0, 0.1) is 0 Å². The van der Waals surface area contributed by atoms with Crippen LogP contribution in [-0.4, -0.2) is 21.3 Å². The molecule has 0 aliphatic carbocycles. The zero-order valence-electron chi connectivity index (χ0n) is 6.55. The molecule has 0 aliphatic heterocycles. The SMILES string of the molecule is CCCCC(=C[SiH3])C(=O)O. The Morgan fingerprint density at radius 3 is 2.60 bits per heavy atom. The fraction of sp³-hybridized carbons (Fsp3) is 0.571. The molecule has 2 nitrogen and oxygen atoms in total. The molecule has 0 aliphatic rings. The maximum absolute atomic E-state index is 10.4. The molecule has 0 spiro atoms. The van der Waals surface area contributed by atoms with Crippen molar-refractivity contribution in [3.8, 4) is 0 Å². The second-order valence-electron chi connectivity index (χ2n) is 2.22. The van der Waals surface area contributed by atoms with Gasteiger partial charge in [-0.25, -0.2) is 4.79 Å². The van der Waals surface area contributed by atoms with Crippen molar-refractivity contribution in [2.45, 2.75) is 26.2 Å². The molecule has 0 saturated carbocycles. The molecule has 0 aromatic carbocycles. The van der Waals surface area contributed by atoms with E-state index in [2.05, 4.69) is 6.92 Å². The summed E-state index contributed by atoms with van der Waals surface area (Å²) in [6.07, 6.45) is 2.78. The Balaban J connectivity index is 3.74. The van der Waals surface area contributed by atoms with Gasteiger partial charge in [-0.2, -0.15) is 0 Å². The van der Waals surface area contributed by atoms with E-state index in [9.17, 15) is 4.79 Å². The van der Waals surface area contributed by atoms with Gasteiger partial charge in [-0.15, -0.1) is 0 Å². The zero-order chi connectivity index (χ0) is 7.98. The molecule has 0 fully saturated rings. The lowest BCUT2D eigenvalue weighted by molar-refractivity contribution is -0.132. The highest BCUT2D eigenvalue weighted by Crippen LogP contribution is 2.05. The number of unbranched alkanes of at least 4 members (excludes halogenated alkanes) is 1. The second kappa shape index (κ2) is 5.23. The lowest BCUT2D eigenvalue weighted by Crippen LogP contribution is -2.00. The highest BCUT2D eigenvalue weighted by molar-refractivity contribution is 6.19. The molecule has 3 heteroatoms. The fourth-order valence-electron chi connectivity index (χ4n) is 0.742. The van der Waals surface area contributed by atoms with Gasteiger partial charge in [0.1, 0.15) is 0 Å². The van der Waals surface area contributed by atoms with Crippen molar-refractivity contribution in [2.75, 3.05) is 0 Å². The minimum Gasteiger partial charge on any atom is -0.478 e. The maximum Gasteiger partial charge on any atom is 0.330 e. The summed E-state index contributed by atoms with van der Waals surface area (Å²) in [6.45, 7) is 2.06. The summed E-state index contributed by atoms with van der Waals surface area (Å²) in [5.74, 6) is -0.747. The molecule has 0 atom stereocenters. The smallest absolute Gasteiger partial charge is 0.330 e. The Labute approximate surface area is 64.4 Å². The topological polar surface area (TPSA) is 37.3 Å². The van der Waals surface area contributed by atoms with Gasteiger partial charge in [-0.05, 0) is 12.8 Å². The predicted molar refractivity (Wildman–Crippen MR) is 45.2 cm³/mol. The Morgan fingerprint density at radius 2 is 2.30 bits per heavy atom. The molecule has 0 aromatic rings.